The third-order valence-corrected chi connectivity index (χ3v) is 7.11. The monoisotopic (exact) mass is 431 g/mol. The number of likely N-dealkylation sites (tertiary alicyclic amines) is 1. The first-order valence-corrected chi connectivity index (χ1v) is 11.5. The molecule has 0 aromatic heterocycles. The largest absolute Gasteiger partial charge is 0.486 e. The van der Waals surface area contributed by atoms with Gasteiger partial charge in [0.25, 0.3) is 0 Å². The number of carbonyl (C=O) groups is 1. The van der Waals surface area contributed by atoms with Gasteiger partial charge in [-0.3, -0.25) is 0 Å². The van der Waals surface area contributed by atoms with Crippen molar-refractivity contribution in [2.75, 3.05) is 38.2 Å². The van der Waals surface area contributed by atoms with Gasteiger partial charge in [0.1, 0.15) is 18.8 Å². The number of hydrogen-bond acceptors (Lipinski definition) is 5. The average molecular weight is 432 g/mol. The molecule has 1 spiro atoms. The first kappa shape index (κ1) is 19.7. The lowest BCUT2D eigenvalue weighted by atomic mass is 9.84. The van der Waals surface area contributed by atoms with Crippen LogP contribution in [0.4, 0.5) is 10.5 Å². The minimum atomic E-state index is -0.221. The standard InChI is InChI=1S/C22H29N3O4S/c26-21-25(15-22(29-21)8-2-1-3-9-22)17-6-10-24(11-7-17)20(30)23-16-4-5-18-19(14-16)28-13-12-27-18/h4-5,14,17H,1-3,6-13,15H2,(H,23,30). The number of benzene rings is 1. The molecule has 1 saturated carbocycles. The van der Waals surface area contributed by atoms with Crippen LogP contribution in [0.25, 0.3) is 0 Å². The average Bonchev–Trinajstić information content (AvgIpc) is 3.09. The summed E-state index contributed by atoms with van der Waals surface area (Å²) in [6.45, 7) is 3.57. The van der Waals surface area contributed by atoms with Crippen LogP contribution in [0.1, 0.15) is 44.9 Å². The van der Waals surface area contributed by atoms with E-state index in [1.165, 1.54) is 19.3 Å². The second-order valence-corrected chi connectivity index (χ2v) is 9.13. The maximum Gasteiger partial charge on any atom is 0.410 e. The van der Waals surface area contributed by atoms with Gasteiger partial charge in [-0.2, -0.15) is 0 Å². The van der Waals surface area contributed by atoms with Crippen molar-refractivity contribution in [2.45, 2.75) is 56.6 Å². The number of nitrogens with one attached hydrogen (secondary N) is 1. The number of hydrogen-bond donors (Lipinski definition) is 1. The van der Waals surface area contributed by atoms with E-state index >= 15 is 0 Å². The van der Waals surface area contributed by atoms with E-state index in [0.717, 1.165) is 62.5 Å². The Hall–Kier alpha value is -2.22. The highest BCUT2D eigenvalue weighted by molar-refractivity contribution is 7.80. The van der Waals surface area contributed by atoms with Crippen LogP contribution in [0.2, 0.25) is 0 Å². The molecule has 0 unspecified atom stereocenters. The zero-order chi connectivity index (χ0) is 20.6. The zero-order valence-corrected chi connectivity index (χ0v) is 18.0. The zero-order valence-electron chi connectivity index (χ0n) is 17.2. The summed E-state index contributed by atoms with van der Waals surface area (Å²) in [5.41, 5.74) is 0.676. The molecule has 0 bridgehead atoms. The van der Waals surface area contributed by atoms with Crippen molar-refractivity contribution < 1.29 is 19.0 Å². The van der Waals surface area contributed by atoms with Crippen LogP contribution in [0, 0.1) is 0 Å². The van der Waals surface area contributed by atoms with Gasteiger partial charge in [0.2, 0.25) is 0 Å². The summed E-state index contributed by atoms with van der Waals surface area (Å²) >= 11 is 5.64. The molecule has 0 atom stereocenters. The van der Waals surface area contributed by atoms with Crippen LogP contribution in [-0.2, 0) is 4.74 Å². The summed E-state index contributed by atoms with van der Waals surface area (Å²) in [7, 11) is 0. The normalized spacial score (nSPS) is 23.4. The number of fused-ring (bicyclic) bond motifs is 1. The van der Waals surface area contributed by atoms with Crippen molar-refractivity contribution in [3.8, 4) is 11.5 Å². The van der Waals surface area contributed by atoms with Gasteiger partial charge in [-0.25, -0.2) is 4.79 Å². The van der Waals surface area contributed by atoms with Gasteiger partial charge in [-0.05, 0) is 62.9 Å². The van der Waals surface area contributed by atoms with E-state index in [1.807, 2.05) is 23.1 Å². The number of ether oxygens (including phenoxy) is 3. The fraction of sp³-hybridized carbons (Fsp3) is 0.636. The van der Waals surface area contributed by atoms with Crippen LogP contribution < -0.4 is 14.8 Å². The Morgan fingerprint density at radius 2 is 1.80 bits per heavy atom. The molecule has 5 rings (SSSR count). The van der Waals surface area contributed by atoms with Crippen molar-refractivity contribution in [2.24, 2.45) is 0 Å². The summed E-state index contributed by atoms with van der Waals surface area (Å²) in [6.07, 6.45) is 7.31. The third kappa shape index (κ3) is 3.89. The number of piperidine rings is 1. The molecule has 0 radical (unpaired) electrons. The van der Waals surface area contributed by atoms with Crippen molar-refractivity contribution in [1.82, 2.24) is 9.80 Å². The number of amides is 1. The van der Waals surface area contributed by atoms with E-state index in [4.69, 9.17) is 26.4 Å². The first-order chi connectivity index (χ1) is 14.6. The summed E-state index contributed by atoms with van der Waals surface area (Å²) < 4.78 is 17.1. The summed E-state index contributed by atoms with van der Waals surface area (Å²) in [5, 5.41) is 4.02. The molecule has 162 valence electrons. The predicted octanol–water partition coefficient (Wildman–Crippen LogP) is 3.77. The predicted molar refractivity (Wildman–Crippen MR) is 117 cm³/mol. The van der Waals surface area contributed by atoms with Crippen LogP contribution in [0.5, 0.6) is 11.5 Å². The Labute approximate surface area is 182 Å². The molecular weight excluding hydrogens is 402 g/mol. The Morgan fingerprint density at radius 1 is 1.07 bits per heavy atom. The highest BCUT2D eigenvalue weighted by atomic mass is 32.1. The molecule has 2 saturated heterocycles. The Balaban J connectivity index is 1.15. The molecule has 7 nitrogen and oxygen atoms in total. The van der Waals surface area contributed by atoms with Crippen molar-refractivity contribution in [3.05, 3.63) is 18.2 Å². The van der Waals surface area contributed by atoms with Gasteiger partial charge in [0.15, 0.2) is 16.6 Å². The molecule has 3 heterocycles. The minimum absolute atomic E-state index is 0.118. The third-order valence-electron chi connectivity index (χ3n) is 6.75. The smallest absolute Gasteiger partial charge is 0.410 e. The maximum absolute atomic E-state index is 12.6. The van der Waals surface area contributed by atoms with Crippen LogP contribution in [0.3, 0.4) is 0 Å². The second kappa shape index (κ2) is 8.13. The van der Waals surface area contributed by atoms with E-state index in [9.17, 15) is 4.79 Å². The fourth-order valence-corrected chi connectivity index (χ4v) is 5.39. The van der Waals surface area contributed by atoms with Crippen LogP contribution in [0.15, 0.2) is 18.2 Å². The molecule has 1 aromatic carbocycles. The van der Waals surface area contributed by atoms with E-state index < -0.39 is 0 Å². The van der Waals surface area contributed by atoms with E-state index in [0.29, 0.717) is 18.3 Å². The number of rotatable bonds is 2. The van der Waals surface area contributed by atoms with Crippen molar-refractivity contribution in [3.63, 3.8) is 0 Å². The molecule has 30 heavy (non-hydrogen) atoms. The van der Waals surface area contributed by atoms with E-state index in [1.54, 1.807) is 0 Å². The minimum Gasteiger partial charge on any atom is -0.486 e. The summed E-state index contributed by atoms with van der Waals surface area (Å²) in [5.74, 6) is 1.52. The number of nitrogens with zero attached hydrogens (tertiary/aromatic N) is 2. The highest BCUT2D eigenvalue weighted by Crippen LogP contribution is 2.39. The quantitative estimate of drug-likeness (QED) is 0.715. The molecule has 3 fully saturated rings. The SMILES string of the molecule is O=C1OC2(CCCCC2)CN1C1CCN(C(=S)Nc2ccc3c(c2)OCCO3)CC1. The molecule has 8 heteroatoms. The van der Waals surface area contributed by atoms with Gasteiger partial charge >= 0.3 is 6.09 Å². The molecular formula is C22H29N3O4S. The van der Waals surface area contributed by atoms with Crippen LogP contribution >= 0.6 is 12.2 Å². The lowest BCUT2D eigenvalue weighted by molar-refractivity contribution is 0.0259. The highest BCUT2D eigenvalue weighted by Gasteiger charge is 2.48. The molecule has 1 N–H and O–H groups in total. The fourth-order valence-electron chi connectivity index (χ4n) is 5.09. The van der Waals surface area contributed by atoms with Crippen molar-refractivity contribution in [1.29, 1.82) is 0 Å². The van der Waals surface area contributed by atoms with E-state index in [-0.39, 0.29) is 17.7 Å². The first-order valence-electron chi connectivity index (χ1n) is 11.1. The van der Waals surface area contributed by atoms with Crippen LogP contribution in [-0.4, -0.2) is 65.5 Å². The maximum atomic E-state index is 12.6. The second-order valence-electron chi connectivity index (χ2n) is 8.75. The summed E-state index contributed by atoms with van der Waals surface area (Å²) in [4.78, 5) is 16.7. The van der Waals surface area contributed by atoms with Crippen molar-refractivity contribution >= 4 is 29.1 Å². The van der Waals surface area contributed by atoms with E-state index in [2.05, 4.69) is 10.2 Å². The molecule has 3 aliphatic heterocycles. The lowest BCUT2D eigenvalue weighted by Gasteiger charge is -2.37. The van der Waals surface area contributed by atoms with Gasteiger partial charge < -0.3 is 29.3 Å². The molecule has 1 amide bonds. The Morgan fingerprint density at radius 3 is 2.57 bits per heavy atom. The number of anilines is 1. The molecule has 1 aromatic rings. The molecule has 1 aliphatic carbocycles. The number of thiocarbonyl (C=S) groups is 1. The Kier molecular flexibility index (Phi) is 5.35. The van der Waals surface area contributed by atoms with Gasteiger partial charge in [-0.1, -0.05) is 6.42 Å². The topological polar surface area (TPSA) is 63.3 Å². The van der Waals surface area contributed by atoms with Gasteiger partial charge in [0.05, 0.1) is 6.54 Å². The Bertz CT molecular complexity index is 819. The molecule has 4 aliphatic rings. The summed E-state index contributed by atoms with van der Waals surface area (Å²) in [6, 6.07) is 6.03. The van der Waals surface area contributed by atoms with Gasteiger partial charge in [0, 0.05) is 30.9 Å². The van der Waals surface area contributed by atoms with Gasteiger partial charge in [-0.15, -0.1) is 0 Å². The lowest BCUT2D eigenvalue weighted by Crippen LogP contribution is -2.49. The number of carbonyl (C=O) groups excluding carboxylic acids is 1.